The van der Waals surface area contributed by atoms with Crippen molar-refractivity contribution < 1.29 is 35.5 Å². The van der Waals surface area contributed by atoms with Crippen LogP contribution in [0.1, 0.15) is 91.9 Å². The third kappa shape index (κ3) is 11.3. The Labute approximate surface area is 236 Å². The van der Waals surface area contributed by atoms with Gasteiger partial charge in [0.25, 0.3) is 5.91 Å². The van der Waals surface area contributed by atoms with Crippen molar-refractivity contribution in [3.63, 3.8) is 0 Å². The molecule has 0 aliphatic carbocycles. The summed E-state index contributed by atoms with van der Waals surface area (Å²) in [5.41, 5.74) is 4.11. The zero-order valence-electron chi connectivity index (χ0n) is 22.1. The smallest absolute Gasteiger partial charge is 0.255 e. The molecule has 0 fully saturated rings. The fourth-order valence-corrected chi connectivity index (χ4v) is 4.85. The molecule has 0 aliphatic rings. The topological polar surface area (TPSA) is 42.2 Å². The Hall–Kier alpha value is -2.25. The predicted octanol–water partition coefficient (Wildman–Crippen LogP) is 5.09. The van der Waals surface area contributed by atoms with E-state index in [-0.39, 0.29) is 34.2 Å². The van der Waals surface area contributed by atoms with Crippen molar-refractivity contribution in [1.29, 1.82) is 0 Å². The van der Waals surface area contributed by atoms with Crippen molar-refractivity contribution in [2.24, 2.45) is 0 Å². The highest BCUT2D eigenvalue weighted by Gasteiger charge is 2.12. The molecule has 0 saturated heterocycles. The first-order valence-corrected chi connectivity index (χ1v) is 14.2. The van der Waals surface area contributed by atoms with Crippen molar-refractivity contribution in [2.75, 3.05) is 11.9 Å². The first-order valence-electron chi connectivity index (χ1n) is 13.3. The number of carbonyl (C=O) groups excluding carboxylic acids is 1. The van der Waals surface area contributed by atoms with E-state index in [4.69, 9.17) is 4.74 Å². The zero-order chi connectivity index (χ0) is 25.6. The molecule has 0 atom stereocenters. The van der Waals surface area contributed by atoms with Gasteiger partial charge in [0.05, 0.1) is 11.5 Å². The Morgan fingerprint density at radius 1 is 0.973 bits per heavy atom. The van der Waals surface area contributed by atoms with Crippen LogP contribution >= 0.6 is 11.3 Å². The molecule has 1 N–H and O–H groups in total. The average molecular weight is 592 g/mol. The van der Waals surface area contributed by atoms with E-state index < -0.39 is 5.82 Å². The van der Waals surface area contributed by atoms with Gasteiger partial charge >= 0.3 is 0 Å². The molecule has 4 nitrogen and oxygen atoms in total. The molecular formula is C30H40BrFN2O2S. The molecule has 0 unspecified atom stereocenters. The number of aryl methyl sites for hydroxylation is 1. The summed E-state index contributed by atoms with van der Waals surface area (Å²) in [5, 5.41) is 2.87. The van der Waals surface area contributed by atoms with Crippen LogP contribution in [0.2, 0.25) is 0 Å². The van der Waals surface area contributed by atoms with Gasteiger partial charge in [0.2, 0.25) is 5.51 Å². The Kier molecular flexibility index (Phi) is 14.5. The second-order valence-electron chi connectivity index (χ2n) is 9.47. The molecule has 3 aromatic rings. The summed E-state index contributed by atoms with van der Waals surface area (Å²) >= 11 is 1.70. The third-order valence-electron chi connectivity index (χ3n) is 6.22. The molecule has 1 aromatic heterocycles. The van der Waals surface area contributed by atoms with Gasteiger partial charge in [-0.05, 0) is 43.7 Å². The van der Waals surface area contributed by atoms with E-state index in [1.54, 1.807) is 23.5 Å². The number of unbranched alkanes of at least 4 members (excludes halogenated alkanes) is 9. The quantitative estimate of drug-likeness (QED) is 0.186. The number of carbonyl (C=O) groups is 1. The molecule has 0 aliphatic heterocycles. The van der Waals surface area contributed by atoms with Crippen LogP contribution in [0.3, 0.4) is 0 Å². The fourth-order valence-electron chi connectivity index (χ4n) is 4.22. The summed E-state index contributed by atoms with van der Waals surface area (Å²) in [6, 6.07) is 12.1. The molecule has 0 bridgehead atoms. The summed E-state index contributed by atoms with van der Waals surface area (Å²) in [6.07, 6.45) is 14.6. The molecule has 2 aromatic carbocycles. The Balaban J connectivity index is 0.00000481. The second kappa shape index (κ2) is 17.3. The average Bonchev–Trinajstić information content (AvgIpc) is 3.27. The van der Waals surface area contributed by atoms with E-state index in [1.165, 1.54) is 62.3 Å². The van der Waals surface area contributed by atoms with E-state index in [2.05, 4.69) is 35.4 Å². The van der Waals surface area contributed by atoms with Crippen molar-refractivity contribution in [3.8, 4) is 5.75 Å². The Morgan fingerprint density at radius 3 is 2.32 bits per heavy atom. The second-order valence-corrected chi connectivity index (χ2v) is 10.6. The summed E-state index contributed by atoms with van der Waals surface area (Å²) < 4.78 is 22.3. The number of nitrogens with zero attached hydrogens (tertiary/aromatic N) is 1. The first-order chi connectivity index (χ1) is 17.5. The summed E-state index contributed by atoms with van der Waals surface area (Å²) in [7, 11) is 0. The number of hydrogen-bond donors (Lipinski definition) is 1. The minimum atomic E-state index is -0.507. The number of amides is 1. The standard InChI is InChI=1S/C30H39FN2O2S.BrH/c1-3-4-5-6-7-8-9-10-11-12-18-35-29-17-16-26(20-28(29)31)30(34)32-27-15-13-14-25(19-27)22-33-21-24(2)36-23-33;/h13-17,19-21,23H,3-12,18,22H2,1-2H3;1H. The van der Waals surface area contributed by atoms with Gasteiger partial charge in [-0.25, -0.2) is 4.39 Å². The number of rotatable bonds is 16. The van der Waals surface area contributed by atoms with Gasteiger partial charge in [0.15, 0.2) is 24.3 Å². The van der Waals surface area contributed by atoms with E-state index in [9.17, 15) is 9.18 Å². The monoisotopic (exact) mass is 590 g/mol. The summed E-state index contributed by atoms with van der Waals surface area (Å²) in [6.45, 7) is 5.54. The van der Waals surface area contributed by atoms with Crippen LogP contribution in [0.5, 0.6) is 5.75 Å². The maximum absolute atomic E-state index is 14.6. The Bertz CT molecular complexity index is 1090. The SMILES string of the molecule is CCCCCCCCCCCCOc1ccc(C(=O)Nc2cccc(C[n+]3csc(C)c3)c2)cc1F.[Br-]. The minimum Gasteiger partial charge on any atom is -1.00 e. The third-order valence-corrected chi connectivity index (χ3v) is 7.07. The van der Waals surface area contributed by atoms with Gasteiger partial charge in [-0.3, -0.25) is 4.79 Å². The number of aromatic nitrogens is 1. The lowest BCUT2D eigenvalue weighted by atomic mass is 10.1. The van der Waals surface area contributed by atoms with Gasteiger partial charge in [-0.15, -0.1) is 0 Å². The van der Waals surface area contributed by atoms with Gasteiger partial charge in [0, 0.05) is 16.8 Å². The minimum absolute atomic E-state index is 0. The normalized spacial score (nSPS) is 10.7. The van der Waals surface area contributed by atoms with E-state index in [1.807, 2.05) is 24.3 Å². The lowest BCUT2D eigenvalue weighted by Crippen LogP contribution is -3.00. The van der Waals surface area contributed by atoms with Gasteiger partial charge in [-0.2, -0.15) is 4.57 Å². The molecule has 0 radical (unpaired) electrons. The number of anilines is 1. The zero-order valence-corrected chi connectivity index (χ0v) is 24.5. The molecule has 1 amide bonds. The highest BCUT2D eigenvalue weighted by Crippen LogP contribution is 2.20. The van der Waals surface area contributed by atoms with Crippen molar-refractivity contribution >= 4 is 22.9 Å². The number of halogens is 2. The predicted molar refractivity (Wildman–Crippen MR) is 146 cm³/mol. The van der Waals surface area contributed by atoms with Crippen LogP contribution in [-0.4, -0.2) is 12.5 Å². The molecule has 202 valence electrons. The van der Waals surface area contributed by atoms with Gasteiger partial charge < -0.3 is 27.0 Å². The lowest BCUT2D eigenvalue weighted by Gasteiger charge is -2.10. The highest BCUT2D eigenvalue weighted by atomic mass is 79.9. The number of benzene rings is 2. The van der Waals surface area contributed by atoms with Crippen LogP contribution < -0.4 is 31.6 Å². The maximum atomic E-state index is 14.6. The Morgan fingerprint density at radius 2 is 1.68 bits per heavy atom. The van der Waals surface area contributed by atoms with E-state index in [0.29, 0.717) is 12.3 Å². The van der Waals surface area contributed by atoms with E-state index in [0.717, 1.165) is 24.9 Å². The van der Waals surface area contributed by atoms with Gasteiger partial charge in [-0.1, -0.05) is 88.2 Å². The number of nitrogens with one attached hydrogen (secondary N) is 1. The largest absolute Gasteiger partial charge is 1.00 e. The van der Waals surface area contributed by atoms with Crippen molar-refractivity contribution in [2.45, 2.75) is 84.6 Å². The van der Waals surface area contributed by atoms with Crippen molar-refractivity contribution in [1.82, 2.24) is 0 Å². The molecule has 0 spiro atoms. The first kappa shape index (κ1) is 31.0. The van der Waals surface area contributed by atoms with Crippen LogP contribution in [0, 0.1) is 12.7 Å². The maximum Gasteiger partial charge on any atom is 0.255 e. The summed E-state index contributed by atoms with van der Waals surface area (Å²) in [5.74, 6) is -0.647. The van der Waals surface area contributed by atoms with Crippen molar-refractivity contribution in [3.05, 3.63) is 76.0 Å². The van der Waals surface area contributed by atoms with Crippen LogP contribution in [0.4, 0.5) is 10.1 Å². The molecule has 37 heavy (non-hydrogen) atoms. The number of ether oxygens (including phenoxy) is 1. The number of hydrogen-bond acceptors (Lipinski definition) is 3. The molecule has 7 heteroatoms. The molecular weight excluding hydrogens is 551 g/mol. The van der Waals surface area contributed by atoms with Gasteiger partial charge in [0.1, 0.15) is 0 Å². The molecule has 3 rings (SSSR count). The highest BCUT2D eigenvalue weighted by molar-refractivity contribution is 7.09. The lowest BCUT2D eigenvalue weighted by molar-refractivity contribution is -0.683. The molecule has 1 heterocycles. The summed E-state index contributed by atoms with van der Waals surface area (Å²) in [4.78, 5) is 13.9. The van der Waals surface area contributed by atoms with Crippen LogP contribution in [0.25, 0.3) is 0 Å². The van der Waals surface area contributed by atoms with Crippen LogP contribution in [0.15, 0.2) is 54.2 Å². The fraction of sp³-hybridized carbons (Fsp3) is 0.467. The van der Waals surface area contributed by atoms with E-state index >= 15 is 0 Å². The number of thiazole rings is 1. The van der Waals surface area contributed by atoms with Crippen LogP contribution in [-0.2, 0) is 6.54 Å². The molecule has 0 saturated carbocycles.